The predicted molar refractivity (Wildman–Crippen MR) is 98.2 cm³/mol. The molecule has 0 unspecified atom stereocenters. The Kier molecular flexibility index (Phi) is 5.28. The summed E-state index contributed by atoms with van der Waals surface area (Å²) >= 11 is 0. The van der Waals surface area contributed by atoms with E-state index < -0.39 is 0 Å². The molecule has 0 atom stereocenters. The highest BCUT2D eigenvalue weighted by molar-refractivity contribution is 6.04. The number of carbonyl (C=O) groups excluding carboxylic acids is 2. The van der Waals surface area contributed by atoms with Crippen LogP contribution >= 0.6 is 0 Å². The number of hydrogen-bond acceptors (Lipinski definition) is 4. The first-order valence-corrected chi connectivity index (χ1v) is 7.97. The summed E-state index contributed by atoms with van der Waals surface area (Å²) in [5, 5.41) is 9.55. The molecule has 7 nitrogen and oxygen atoms in total. The van der Waals surface area contributed by atoms with Crippen molar-refractivity contribution in [1.82, 2.24) is 9.78 Å². The van der Waals surface area contributed by atoms with E-state index in [9.17, 15) is 9.59 Å². The topological polar surface area (TPSA) is 85.3 Å². The molecule has 3 rings (SSSR count). The van der Waals surface area contributed by atoms with Gasteiger partial charge in [0.05, 0.1) is 7.11 Å². The molecular weight excluding hydrogens is 332 g/mol. The standard InChI is InChI=1S/C19H18N4O3/c1-26-17-9-7-16(8-10-17)22-19(25)14-3-5-15(6-4-14)21-18(24)13-23-12-2-11-20-23/h2-12H,13H2,1H3,(H,21,24)(H,22,25). The molecule has 1 heterocycles. The highest BCUT2D eigenvalue weighted by Gasteiger charge is 2.08. The summed E-state index contributed by atoms with van der Waals surface area (Å²) in [6.45, 7) is 0.132. The molecule has 0 aliphatic heterocycles. The van der Waals surface area contributed by atoms with Gasteiger partial charge in [-0.15, -0.1) is 0 Å². The van der Waals surface area contributed by atoms with Gasteiger partial charge in [-0.3, -0.25) is 14.3 Å². The molecule has 26 heavy (non-hydrogen) atoms. The molecule has 0 radical (unpaired) electrons. The Morgan fingerprint density at radius 2 is 1.65 bits per heavy atom. The summed E-state index contributed by atoms with van der Waals surface area (Å²) in [7, 11) is 1.59. The highest BCUT2D eigenvalue weighted by Crippen LogP contribution is 2.16. The molecule has 0 aliphatic carbocycles. The average Bonchev–Trinajstić information content (AvgIpc) is 3.15. The third-order valence-corrected chi connectivity index (χ3v) is 3.64. The number of amides is 2. The number of hydrogen-bond donors (Lipinski definition) is 2. The highest BCUT2D eigenvalue weighted by atomic mass is 16.5. The van der Waals surface area contributed by atoms with Crippen LogP contribution in [-0.4, -0.2) is 28.7 Å². The molecule has 1 aromatic heterocycles. The quantitative estimate of drug-likeness (QED) is 0.716. The average molecular weight is 350 g/mol. The van der Waals surface area contributed by atoms with Gasteiger partial charge in [0.25, 0.3) is 5.91 Å². The summed E-state index contributed by atoms with van der Waals surface area (Å²) in [5.41, 5.74) is 1.78. The smallest absolute Gasteiger partial charge is 0.255 e. The van der Waals surface area contributed by atoms with E-state index in [4.69, 9.17) is 4.74 Å². The van der Waals surface area contributed by atoms with Crippen molar-refractivity contribution in [2.24, 2.45) is 0 Å². The number of anilines is 2. The number of benzene rings is 2. The lowest BCUT2D eigenvalue weighted by Gasteiger charge is -2.08. The third-order valence-electron chi connectivity index (χ3n) is 3.64. The maximum absolute atomic E-state index is 12.3. The fraction of sp³-hybridized carbons (Fsp3) is 0.105. The minimum atomic E-state index is -0.232. The Balaban J connectivity index is 1.57. The fourth-order valence-electron chi connectivity index (χ4n) is 2.32. The Morgan fingerprint density at radius 3 is 2.27 bits per heavy atom. The van der Waals surface area contributed by atoms with Crippen molar-refractivity contribution in [3.8, 4) is 5.75 Å². The molecular formula is C19H18N4O3. The van der Waals surface area contributed by atoms with Crippen LogP contribution in [-0.2, 0) is 11.3 Å². The number of nitrogens with zero attached hydrogens (tertiary/aromatic N) is 2. The van der Waals surface area contributed by atoms with E-state index >= 15 is 0 Å². The van der Waals surface area contributed by atoms with Crippen molar-refractivity contribution in [2.75, 3.05) is 17.7 Å². The number of rotatable bonds is 6. The van der Waals surface area contributed by atoms with Crippen LogP contribution in [0.4, 0.5) is 11.4 Å². The van der Waals surface area contributed by atoms with Crippen LogP contribution in [0.25, 0.3) is 0 Å². The van der Waals surface area contributed by atoms with Gasteiger partial charge >= 0.3 is 0 Å². The zero-order valence-electron chi connectivity index (χ0n) is 14.2. The molecule has 0 fully saturated rings. The van der Waals surface area contributed by atoms with Crippen molar-refractivity contribution in [2.45, 2.75) is 6.54 Å². The van der Waals surface area contributed by atoms with E-state index in [1.807, 2.05) is 0 Å². The van der Waals surface area contributed by atoms with Gasteiger partial charge in [-0.1, -0.05) is 0 Å². The van der Waals surface area contributed by atoms with Crippen molar-refractivity contribution in [3.63, 3.8) is 0 Å². The minimum Gasteiger partial charge on any atom is -0.497 e. The first-order valence-electron chi connectivity index (χ1n) is 7.97. The number of carbonyl (C=O) groups is 2. The predicted octanol–water partition coefficient (Wildman–Crippen LogP) is 2.78. The van der Waals surface area contributed by atoms with E-state index in [1.165, 1.54) is 4.68 Å². The molecule has 0 saturated heterocycles. The number of nitrogens with one attached hydrogen (secondary N) is 2. The summed E-state index contributed by atoms with van der Waals surface area (Å²) in [5.74, 6) is 0.298. The Labute approximate surface area is 150 Å². The van der Waals surface area contributed by atoms with Crippen LogP contribution in [0.15, 0.2) is 67.0 Å². The van der Waals surface area contributed by atoms with Crippen LogP contribution in [0.5, 0.6) is 5.75 Å². The van der Waals surface area contributed by atoms with Gasteiger partial charge in [0, 0.05) is 29.3 Å². The van der Waals surface area contributed by atoms with Gasteiger partial charge in [-0.2, -0.15) is 5.10 Å². The molecule has 0 aliphatic rings. The van der Waals surface area contributed by atoms with Crippen molar-refractivity contribution in [1.29, 1.82) is 0 Å². The second-order valence-corrected chi connectivity index (χ2v) is 5.51. The lowest BCUT2D eigenvalue weighted by Crippen LogP contribution is -2.19. The summed E-state index contributed by atoms with van der Waals surface area (Å²) in [6.07, 6.45) is 3.33. The van der Waals surface area contributed by atoms with Gasteiger partial charge in [-0.05, 0) is 54.6 Å². The molecule has 0 bridgehead atoms. The molecule has 2 amide bonds. The van der Waals surface area contributed by atoms with Crippen molar-refractivity contribution in [3.05, 3.63) is 72.6 Å². The fourth-order valence-corrected chi connectivity index (χ4v) is 2.32. The zero-order chi connectivity index (χ0) is 18.4. The zero-order valence-corrected chi connectivity index (χ0v) is 14.2. The summed E-state index contributed by atoms with van der Waals surface area (Å²) in [4.78, 5) is 24.2. The van der Waals surface area contributed by atoms with E-state index in [0.717, 1.165) is 5.75 Å². The van der Waals surface area contributed by atoms with E-state index in [1.54, 1.807) is 74.1 Å². The van der Waals surface area contributed by atoms with E-state index in [-0.39, 0.29) is 18.4 Å². The molecule has 0 spiro atoms. The Hall–Kier alpha value is -3.61. The minimum absolute atomic E-state index is 0.132. The van der Waals surface area contributed by atoms with Gasteiger partial charge < -0.3 is 15.4 Å². The number of methoxy groups -OCH3 is 1. The molecule has 7 heteroatoms. The monoisotopic (exact) mass is 350 g/mol. The van der Waals surface area contributed by atoms with Crippen LogP contribution in [0.3, 0.4) is 0 Å². The largest absolute Gasteiger partial charge is 0.497 e. The molecule has 2 aromatic carbocycles. The van der Waals surface area contributed by atoms with E-state index in [2.05, 4.69) is 15.7 Å². The Morgan fingerprint density at radius 1 is 1.00 bits per heavy atom. The van der Waals surface area contributed by atoms with Crippen molar-refractivity contribution >= 4 is 23.2 Å². The normalized spacial score (nSPS) is 10.2. The second-order valence-electron chi connectivity index (χ2n) is 5.51. The lowest BCUT2D eigenvalue weighted by atomic mass is 10.2. The second kappa shape index (κ2) is 7.98. The van der Waals surface area contributed by atoms with Crippen LogP contribution in [0.1, 0.15) is 10.4 Å². The van der Waals surface area contributed by atoms with Gasteiger partial charge in [0.1, 0.15) is 12.3 Å². The maximum atomic E-state index is 12.3. The third kappa shape index (κ3) is 4.47. The van der Waals surface area contributed by atoms with Crippen LogP contribution in [0.2, 0.25) is 0 Å². The maximum Gasteiger partial charge on any atom is 0.255 e. The van der Waals surface area contributed by atoms with Gasteiger partial charge in [0.2, 0.25) is 5.91 Å². The molecule has 2 N–H and O–H groups in total. The van der Waals surface area contributed by atoms with Crippen molar-refractivity contribution < 1.29 is 14.3 Å². The SMILES string of the molecule is COc1ccc(NC(=O)c2ccc(NC(=O)Cn3cccn3)cc2)cc1. The number of ether oxygens (including phenoxy) is 1. The first kappa shape index (κ1) is 17.2. The molecule has 0 saturated carbocycles. The van der Waals surface area contributed by atoms with Crippen LogP contribution in [0, 0.1) is 0 Å². The Bertz CT molecular complexity index is 872. The summed E-state index contributed by atoms with van der Waals surface area (Å²) in [6, 6.07) is 15.5. The molecule has 3 aromatic rings. The van der Waals surface area contributed by atoms with E-state index in [0.29, 0.717) is 16.9 Å². The number of aromatic nitrogens is 2. The summed E-state index contributed by atoms with van der Waals surface area (Å²) < 4.78 is 6.62. The van der Waals surface area contributed by atoms with Gasteiger partial charge in [-0.25, -0.2) is 0 Å². The first-order chi connectivity index (χ1) is 12.6. The lowest BCUT2D eigenvalue weighted by molar-refractivity contribution is -0.116. The molecule has 132 valence electrons. The van der Waals surface area contributed by atoms with Crippen LogP contribution < -0.4 is 15.4 Å². The van der Waals surface area contributed by atoms with Gasteiger partial charge in [0.15, 0.2) is 0 Å².